The molecule has 0 aromatic heterocycles. The maximum atomic E-state index is 12.9. The Kier molecular flexibility index (Phi) is 3.44. The number of aliphatic carboxylic acids is 1. The van der Waals surface area contributed by atoms with Gasteiger partial charge in [0.15, 0.2) is 11.6 Å². The SMILES string of the molecule is N[C@@](CF)(Cc1ccc(O)c(F)c1)C(=O)O. The van der Waals surface area contributed by atoms with Gasteiger partial charge in [-0.2, -0.15) is 0 Å². The van der Waals surface area contributed by atoms with Gasteiger partial charge in [0.1, 0.15) is 12.2 Å². The first kappa shape index (κ1) is 12.4. The van der Waals surface area contributed by atoms with Gasteiger partial charge in [0.25, 0.3) is 0 Å². The number of carbonyl (C=O) groups is 1. The molecule has 0 radical (unpaired) electrons. The predicted octanol–water partition coefficient (Wildman–Crippen LogP) is 0.825. The van der Waals surface area contributed by atoms with Gasteiger partial charge in [0.2, 0.25) is 0 Å². The van der Waals surface area contributed by atoms with Gasteiger partial charge in [-0.05, 0) is 17.7 Å². The fourth-order valence-corrected chi connectivity index (χ4v) is 1.20. The molecule has 0 heterocycles. The van der Waals surface area contributed by atoms with E-state index in [0.29, 0.717) is 0 Å². The van der Waals surface area contributed by atoms with Crippen molar-refractivity contribution < 1.29 is 23.8 Å². The third-order valence-corrected chi connectivity index (χ3v) is 2.20. The quantitative estimate of drug-likeness (QED) is 0.716. The van der Waals surface area contributed by atoms with E-state index in [4.69, 9.17) is 15.9 Å². The molecule has 88 valence electrons. The van der Waals surface area contributed by atoms with E-state index < -0.39 is 29.7 Å². The third kappa shape index (κ3) is 2.46. The van der Waals surface area contributed by atoms with E-state index in [2.05, 4.69) is 0 Å². The maximum Gasteiger partial charge on any atom is 0.326 e. The Balaban J connectivity index is 2.95. The van der Waals surface area contributed by atoms with Crippen LogP contribution >= 0.6 is 0 Å². The zero-order valence-electron chi connectivity index (χ0n) is 8.28. The zero-order valence-corrected chi connectivity index (χ0v) is 8.28. The van der Waals surface area contributed by atoms with Gasteiger partial charge in [0, 0.05) is 6.42 Å². The Labute approximate surface area is 90.3 Å². The molecule has 0 amide bonds. The molecule has 4 nitrogen and oxygen atoms in total. The summed E-state index contributed by atoms with van der Waals surface area (Å²) in [6.45, 7) is -1.26. The van der Waals surface area contributed by atoms with Crippen molar-refractivity contribution >= 4 is 5.97 Å². The largest absolute Gasteiger partial charge is 0.505 e. The fraction of sp³-hybridized carbons (Fsp3) is 0.300. The third-order valence-electron chi connectivity index (χ3n) is 2.20. The fourth-order valence-electron chi connectivity index (χ4n) is 1.20. The number of alkyl halides is 1. The number of hydrogen-bond acceptors (Lipinski definition) is 3. The number of carboxylic acid groups (broad SMARTS) is 1. The molecule has 1 atom stereocenters. The van der Waals surface area contributed by atoms with Crippen LogP contribution in [0.4, 0.5) is 8.78 Å². The Morgan fingerprint density at radius 2 is 2.12 bits per heavy atom. The molecule has 0 bridgehead atoms. The number of phenolic OH excluding ortho intramolecular Hbond substituents is 1. The van der Waals surface area contributed by atoms with E-state index in [-0.39, 0.29) is 12.0 Å². The summed E-state index contributed by atoms with van der Waals surface area (Å²) in [5.41, 5.74) is 3.44. The van der Waals surface area contributed by atoms with E-state index in [1.807, 2.05) is 0 Å². The van der Waals surface area contributed by atoms with Gasteiger partial charge in [-0.1, -0.05) is 6.07 Å². The van der Waals surface area contributed by atoms with Gasteiger partial charge in [-0.3, -0.25) is 4.79 Å². The lowest BCUT2D eigenvalue weighted by Gasteiger charge is -2.20. The number of aromatic hydroxyl groups is 1. The van der Waals surface area contributed by atoms with Crippen molar-refractivity contribution in [3.05, 3.63) is 29.6 Å². The molecule has 1 rings (SSSR count). The second-order valence-electron chi connectivity index (χ2n) is 3.56. The van der Waals surface area contributed by atoms with Crippen molar-refractivity contribution in [3.63, 3.8) is 0 Å². The van der Waals surface area contributed by atoms with Crippen molar-refractivity contribution in [1.29, 1.82) is 0 Å². The summed E-state index contributed by atoms with van der Waals surface area (Å²) in [4.78, 5) is 10.7. The number of hydrogen-bond donors (Lipinski definition) is 3. The number of carboxylic acids is 1. The monoisotopic (exact) mass is 231 g/mol. The van der Waals surface area contributed by atoms with Crippen molar-refractivity contribution in [2.45, 2.75) is 12.0 Å². The van der Waals surface area contributed by atoms with Crippen LogP contribution in [-0.2, 0) is 11.2 Å². The molecule has 16 heavy (non-hydrogen) atoms. The van der Waals surface area contributed by atoms with E-state index >= 15 is 0 Å². The minimum atomic E-state index is -2.07. The van der Waals surface area contributed by atoms with E-state index in [1.54, 1.807) is 0 Å². The number of benzene rings is 1. The number of rotatable bonds is 4. The van der Waals surface area contributed by atoms with Crippen LogP contribution in [0.2, 0.25) is 0 Å². The maximum absolute atomic E-state index is 12.9. The predicted molar refractivity (Wildman–Crippen MR) is 52.3 cm³/mol. The molecule has 0 unspecified atom stereocenters. The van der Waals surface area contributed by atoms with Crippen molar-refractivity contribution in [2.24, 2.45) is 5.73 Å². The van der Waals surface area contributed by atoms with Crippen LogP contribution in [0.15, 0.2) is 18.2 Å². The van der Waals surface area contributed by atoms with Crippen molar-refractivity contribution in [3.8, 4) is 5.75 Å². The molecular formula is C10H11F2NO3. The standard InChI is InChI=1S/C10H11F2NO3/c11-5-10(13,9(15)16)4-6-1-2-8(14)7(12)3-6/h1-3,14H,4-5,13H2,(H,15,16)/t10-/m1/s1. The Bertz CT molecular complexity index is 411. The van der Waals surface area contributed by atoms with E-state index in [1.165, 1.54) is 6.07 Å². The molecule has 0 aliphatic carbocycles. The van der Waals surface area contributed by atoms with Gasteiger partial charge >= 0.3 is 5.97 Å². The smallest absolute Gasteiger partial charge is 0.326 e. The summed E-state index contributed by atoms with van der Waals surface area (Å²) < 4.78 is 25.4. The number of nitrogens with two attached hydrogens (primary N) is 1. The first-order valence-electron chi connectivity index (χ1n) is 4.44. The van der Waals surface area contributed by atoms with Crippen LogP contribution < -0.4 is 5.73 Å². The van der Waals surface area contributed by atoms with Crippen LogP contribution in [-0.4, -0.2) is 28.4 Å². The molecule has 1 aromatic carbocycles. The van der Waals surface area contributed by atoms with Gasteiger partial charge < -0.3 is 15.9 Å². The molecule has 0 aliphatic heterocycles. The molecular weight excluding hydrogens is 220 g/mol. The van der Waals surface area contributed by atoms with Crippen LogP contribution in [0.3, 0.4) is 0 Å². The van der Waals surface area contributed by atoms with Crippen LogP contribution in [0.25, 0.3) is 0 Å². The molecule has 4 N–H and O–H groups in total. The summed E-state index contributed by atoms with van der Waals surface area (Å²) in [7, 11) is 0. The summed E-state index contributed by atoms with van der Waals surface area (Å²) in [6, 6.07) is 3.28. The van der Waals surface area contributed by atoms with Gasteiger partial charge in [-0.15, -0.1) is 0 Å². The highest BCUT2D eigenvalue weighted by atomic mass is 19.1. The van der Waals surface area contributed by atoms with Crippen molar-refractivity contribution in [1.82, 2.24) is 0 Å². The Morgan fingerprint density at radius 3 is 2.56 bits per heavy atom. The minimum Gasteiger partial charge on any atom is -0.505 e. The molecule has 0 aliphatic rings. The van der Waals surface area contributed by atoms with Crippen LogP contribution in [0, 0.1) is 5.82 Å². The topological polar surface area (TPSA) is 83.5 Å². The number of halogens is 2. The molecule has 0 saturated carbocycles. The highest BCUT2D eigenvalue weighted by Crippen LogP contribution is 2.19. The highest BCUT2D eigenvalue weighted by Gasteiger charge is 2.34. The van der Waals surface area contributed by atoms with Gasteiger partial charge in [0.05, 0.1) is 0 Å². The molecule has 1 aromatic rings. The summed E-state index contributed by atoms with van der Waals surface area (Å²) in [6.07, 6.45) is -0.351. The molecule has 0 spiro atoms. The zero-order chi connectivity index (χ0) is 12.3. The minimum absolute atomic E-state index is 0.206. The lowest BCUT2D eigenvalue weighted by atomic mass is 9.93. The lowest BCUT2D eigenvalue weighted by molar-refractivity contribution is -0.143. The van der Waals surface area contributed by atoms with Crippen LogP contribution in [0.1, 0.15) is 5.56 Å². The second-order valence-corrected chi connectivity index (χ2v) is 3.56. The highest BCUT2D eigenvalue weighted by molar-refractivity contribution is 5.79. The average Bonchev–Trinajstić information content (AvgIpc) is 2.23. The summed E-state index contributed by atoms with van der Waals surface area (Å²) >= 11 is 0. The summed E-state index contributed by atoms with van der Waals surface area (Å²) in [5.74, 6) is -2.95. The van der Waals surface area contributed by atoms with E-state index in [0.717, 1.165) is 12.1 Å². The lowest BCUT2D eigenvalue weighted by Crippen LogP contribution is -2.52. The molecule has 0 saturated heterocycles. The molecule has 0 fully saturated rings. The summed E-state index contributed by atoms with van der Waals surface area (Å²) in [5, 5.41) is 17.6. The normalized spacial score (nSPS) is 14.4. The van der Waals surface area contributed by atoms with Crippen LogP contribution in [0.5, 0.6) is 5.75 Å². The number of phenols is 1. The van der Waals surface area contributed by atoms with E-state index in [9.17, 15) is 13.6 Å². The first-order valence-corrected chi connectivity index (χ1v) is 4.44. The second kappa shape index (κ2) is 4.44. The average molecular weight is 231 g/mol. The van der Waals surface area contributed by atoms with Crippen molar-refractivity contribution in [2.75, 3.05) is 6.67 Å². The Morgan fingerprint density at radius 1 is 1.50 bits per heavy atom. The molecule has 6 heteroatoms. The first-order chi connectivity index (χ1) is 7.39. The Hall–Kier alpha value is -1.69. The van der Waals surface area contributed by atoms with Gasteiger partial charge in [-0.25, -0.2) is 8.78 Å².